The minimum Gasteiger partial charge on any atom is -0.384 e. The minimum absolute atomic E-state index is 0.165. The maximum Gasteiger partial charge on any atom is 0.256 e. The molecule has 0 spiro atoms. The number of aromatic amines is 1. The van der Waals surface area contributed by atoms with Crippen LogP contribution >= 0.6 is 0 Å². The molecule has 0 saturated heterocycles. The number of aromatic nitrogens is 2. The summed E-state index contributed by atoms with van der Waals surface area (Å²) in [5, 5.41) is 8.55. The molecule has 0 bridgehead atoms. The van der Waals surface area contributed by atoms with E-state index in [1.807, 2.05) is 13.8 Å². The van der Waals surface area contributed by atoms with Gasteiger partial charge in [0.1, 0.15) is 11.6 Å². The number of hydrogen-bond acceptors (Lipinski definition) is 5. The average molecular weight is 545 g/mol. The molecule has 0 saturated carbocycles. The van der Waals surface area contributed by atoms with Gasteiger partial charge in [-0.05, 0) is 80.3 Å². The summed E-state index contributed by atoms with van der Waals surface area (Å²) in [5.41, 5.74) is 10.3. The Kier molecular flexibility index (Phi) is 9.11. The third kappa shape index (κ3) is 7.02. The van der Waals surface area contributed by atoms with Crippen molar-refractivity contribution in [3.8, 4) is 0 Å². The van der Waals surface area contributed by atoms with E-state index in [-0.39, 0.29) is 17.7 Å². The van der Waals surface area contributed by atoms with Crippen LogP contribution in [0.1, 0.15) is 64.1 Å². The fourth-order valence-electron chi connectivity index (χ4n) is 4.56. The Morgan fingerprint density at radius 3 is 2.52 bits per heavy atom. The molecule has 3 amide bonds. The highest BCUT2D eigenvalue weighted by molar-refractivity contribution is 6.34. The van der Waals surface area contributed by atoms with Gasteiger partial charge < -0.3 is 26.7 Å². The van der Waals surface area contributed by atoms with E-state index in [1.54, 1.807) is 30.5 Å². The molecule has 40 heavy (non-hydrogen) atoms. The smallest absolute Gasteiger partial charge is 0.256 e. The van der Waals surface area contributed by atoms with Crippen molar-refractivity contribution in [1.29, 1.82) is 0 Å². The van der Waals surface area contributed by atoms with Crippen LogP contribution < -0.4 is 21.7 Å². The second-order valence-corrected chi connectivity index (χ2v) is 9.68. The third-order valence-electron chi connectivity index (χ3n) is 6.68. The Morgan fingerprint density at radius 1 is 1.05 bits per heavy atom. The van der Waals surface area contributed by atoms with Crippen molar-refractivity contribution in [3.63, 3.8) is 0 Å². The molecule has 1 aliphatic rings. The number of rotatable bonds is 11. The Bertz CT molecular complexity index is 1470. The number of nitrogens with zero attached hydrogens (tertiary/aromatic N) is 1. The maximum atomic E-state index is 13.8. The topological polar surface area (TPSA) is 142 Å². The summed E-state index contributed by atoms with van der Waals surface area (Å²) in [6, 6.07) is 7.62. The molecule has 0 fully saturated rings. The number of pyridine rings is 1. The van der Waals surface area contributed by atoms with E-state index in [1.165, 1.54) is 24.3 Å². The van der Waals surface area contributed by atoms with Crippen LogP contribution in [0.25, 0.3) is 17.7 Å². The van der Waals surface area contributed by atoms with Crippen LogP contribution in [-0.2, 0) is 9.59 Å². The first-order valence-corrected chi connectivity index (χ1v) is 13.2. The molecule has 4 rings (SSSR count). The largest absolute Gasteiger partial charge is 0.384 e. The first-order chi connectivity index (χ1) is 19.2. The number of aryl methyl sites for hydroxylation is 1. The van der Waals surface area contributed by atoms with Gasteiger partial charge in [-0.2, -0.15) is 0 Å². The number of hydrogen-bond donors (Lipinski definition) is 5. The van der Waals surface area contributed by atoms with E-state index in [9.17, 15) is 18.8 Å². The van der Waals surface area contributed by atoms with Gasteiger partial charge in [0.25, 0.3) is 11.8 Å². The second-order valence-electron chi connectivity index (χ2n) is 9.68. The summed E-state index contributed by atoms with van der Waals surface area (Å²) in [6.45, 7) is 4.73. The molecule has 0 unspecified atom stereocenters. The number of nitrogens with one attached hydrogen (secondary N) is 4. The number of nitrogen functional groups attached to an aromatic ring is 1. The second kappa shape index (κ2) is 12.9. The van der Waals surface area contributed by atoms with E-state index in [0.717, 1.165) is 36.8 Å². The zero-order valence-corrected chi connectivity index (χ0v) is 22.6. The summed E-state index contributed by atoms with van der Waals surface area (Å²) < 4.78 is 13.8. The van der Waals surface area contributed by atoms with E-state index in [4.69, 9.17) is 5.73 Å². The van der Waals surface area contributed by atoms with Crippen molar-refractivity contribution in [1.82, 2.24) is 20.6 Å². The Morgan fingerprint density at radius 2 is 1.80 bits per heavy atom. The Labute approximate surface area is 232 Å². The number of benzene rings is 1. The van der Waals surface area contributed by atoms with Crippen molar-refractivity contribution in [3.05, 3.63) is 82.1 Å². The van der Waals surface area contributed by atoms with Gasteiger partial charge in [-0.15, -0.1) is 0 Å². The third-order valence-corrected chi connectivity index (χ3v) is 6.68. The van der Waals surface area contributed by atoms with E-state index >= 15 is 0 Å². The number of carbonyl (C=O) groups excluding carboxylic acids is 3. The first kappa shape index (κ1) is 28.3. The number of halogens is 1. The number of amides is 3. The summed E-state index contributed by atoms with van der Waals surface area (Å²) in [6.07, 6.45) is 9.90. The molecule has 2 aromatic heterocycles. The zero-order chi connectivity index (χ0) is 28.6. The lowest BCUT2D eigenvalue weighted by molar-refractivity contribution is -0.116. The van der Waals surface area contributed by atoms with Crippen LogP contribution in [-0.4, -0.2) is 40.8 Å². The molecule has 9 nitrogen and oxygen atoms in total. The predicted molar refractivity (Wildman–Crippen MR) is 155 cm³/mol. The van der Waals surface area contributed by atoms with Gasteiger partial charge in [-0.3, -0.25) is 14.4 Å². The molecule has 1 aliphatic heterocycles. The molecule has 10 heteroatoms. The van der Waals surface area contributed by atoms with E-state index in [2.05, 4.69) is 25.9 Å². The van der Waals surface area contributed by atoms with Gasteiger partial charge >= 0.3 is 0 Å². The van der Waals surface area contributed by atoms with Gasteiger partial charge in [0.05, 0.1) is 11.1 Å². The molecule has 0 radical (unpaired) electrons. The van der Waals surface area contributed by atoms with Crippen LogP contribution in [0.15, 0.2) is 42.6 Å². The number of fused-ring (bicyclic) bond motifs is 1. The zero-order valence-electron chi connectivity index (χ0n) is 22.6. The molecule has 6 N–H and O–H groups in total. The quantitative estimate of drug-likeness (QED) is 0.180. The average Bonchev–Trinajstić information content (AvgIpc) is 3.38. The highest BCUT2D eigenvalue weighted by Crippen LogP contribution is 2.34. The number of H-pyrrole nitrogens is 1. The van der Waals surface area contributed by atoms with Gasteiger partial charge in [0, 0.05) is 48.0 Å². The van der Waals surface area contributed by atoms with Crippen molar-refractivity contribution in [2.75, 3.05) is 24.1 Å². The summed E-state index contributed by atoms with van der Waals surface area (Å²) in [5.74, 6) is -0.661. The van der Waals surface area contributed by atoms with Gasteiger partial charge in [-0.1, -0.05) is 12.8 Å². The number of anilines is 2. The van der Waals surface area contributed by atoms with Gasteiger partial charge in [-0.25, -0.2) is 9.37 Å². The molecule has 3 aromatic rings. The number of unbranched alkanes of at least 4 members (excludes halogenated alkanes) is 3. The Balaban J connectivity index is 1.19. The number of carbonyl (C=O) groups is 3. The summed E-state index contributed by atoms with van der Waals surface area (Å²) in [4.78, 5) is 44.4. The van der Waals surface area contributed by atoms with E-state index in [0.29, 0.717) is 52.7 Å². The van der Waals surface area contributed by atoms with Crippen LogP contribution in [0.4, 0.5) is 15.9 Å². The monoisotopic (exact) mass is 544 g/mol. The van der Waals surface area contributed by atoms with Crippen molar-refractivity contribution >= 4 is 47.0 Å². The summed E-state index contributed by atoms with van der Waals surface area (Å²) in [7, 11) is 0. The van der Waals surface area contributed by atoms with Crippen molar-refractivity contribution in [2.24, 2.45) is 0 Å². The van der Waals surface area contributed by atoms with Crippen LogP contribution in [0.5, 0.6) is 0 Å². The van der Waals surface area contributed by atoms with Crippen LogP contribution in [0.3, 0.4) is 0 Å². The maximum absolute atomic E-state index is 13.8. The normalized spacial score (nSPS) is 13.5. The highest BCUT2D eigenvalue weighted by Gasteiger charge is 2.26. The number of nitrogens with two attached hydrogens (primary N) is 1. The SMILES string of the molecule is Cc1[nH]c(/C=C2\C(=O)Nc3ccc(F)cc32)c(C)c1C(=O)NCCCCCCNC(=O)/C=C/c1ccc(N)nc1. The van der Waals surface area contributed by atoms with Crippen LogP contribution in [0, 0.1) is 19.7 Å². The highest BCUT2D eigenvalue weighted by atomic mass is 19.1. The minimum atomic E-state index is -0.425. The molecule has 0 aliphatic carbocycles. The molecule has 208 valence electrons. The van der Waals surface area contributed by atoms with Crippen molar-refractivity contribution in [2.45, 2.75) is 39.5 Å². The first-order valence-electron chi connectivity index (χ1n) is 13.2. The standard InChI is InChI=1S/C30H33FN6O3/c1-18-25(16-23-22-15-21(31)9-10-24(22)37-29(23)39)36-19(2)28(18)30(40)34-14-6-4-3-5-13-33-27(38)12-8-20-7-11-26(32)35-17-20/h7-12,15-17,36H,3-6,13-14H2,1-2H3,(H2,32,35)(H,33,38)(H,34,40)(H,37,39)/b12-8+,23-16-. The fourth-order valence-corrected chi connectivity index (χ4v) is 4.56. The summed E-state index contributed by atoms with van der Waals surface area (Å²) >= 11 is 0. The fraction of sp³-hybridized carbons (Fsp3) is 0.267. The lowest BCUT2D eigenvalue weighted by atomic mass is 10.0. The molecular weight excluding hydrogens is 511 g/mol. The molecule has 3 heterocycles. The Hall–Kier alpha value is -4.73. The predicted octanol–water partition coefficient (Wildman–Crippen LogP) is 4.36. The lowest BCUT2D eigenvalue weighted by Crippen LogP contribution is -2.25. The van der Waals surface area contributed by atoms with Crippen molar-refractivity contribution < 1.29 is 18.8 Å². The van der Waals surface area contributed by atoms with Gasteiger partial charge in [0.15, 0.2) is 0 Å². The van der Waals surface area contributed by atoms with Gasteiger partial charge in [0.2, 0.25) is 5.91 Å². The molecule has 0 atom stereocenters. The molecule has 1 aromatic carbocycles. The van der Waals surface area contributed by atoms with E-state index < -0.39 is 5.82 Å². The molecular formula is C30H33FN6O3. The lowest BCUT2D eigenvalue weighted by Gasteiger charge is -2.07. The van der Waals surface area contributed by atoms with Crippen LogP contribution in [0.2, 0.25) is 0 Å².